The molecule has 3 aromatic rings. The summed E-state index contributed by atoms with van der Waals surface area (Å²) in [5.41, 5.74) is 8.71. The van der Waals surface area contributed by atoms with Gasteiger partial charge in [0.25, 0.3) is 0 Å². The monoisotopic (exact) mass is 583 g/mol. The lowest BCUT2D eigenvalue weighted by Gasteiger charge is -2.26. The Bertz CT molecular complexity index is 1330. The number of amides is 3. The average Bonchev–Trinajstić information content (AvgIpc) is 3.36. The van der Waals surface area contributed by atoms with E-state index in [4.69, 9.17) is 5.73 Å². The summed E-state index contributed by atoms with van der Waals surface area (Å²) in [5.74, 6) is -2.81. The predicted octanol–water partition coefficient (Wildman–Crippen LogP) is 0.953. The van der Waals surface area contributed by atoms with Crippen LogP contribution in [-0.4, -0.2) is 81.2 Å². The van der Waals surface area contributed by atoms with Crippen molar-refractivity contribution in [1.82, 2.24) is 20.9 Å². The molecule has 5 atom stereocenters. The highest BCUT2D eigenvalue weighted by molar-refractivity contribution is 7.98. The number of carbonyl (C=O) groups excluding carboxylic acids is 3. The second-order valence-corrected chi connectivity index (χ2v) is 10.8. The van der Waals surface area contributed by atoms with Gasteiger partial charge in [-0.25, -0.2) is 4.79 Å². The lowest BCUT2D eigenvalue weighted by molar-refractivity contribution is -0.145. The zero-order valence-electron chi connectivity index (χ0n) is 23.0. The normalized spacial score (nSPS) is 14.8. The van der Waals surface area contributed by atoms with Gasteiger partial charge in [0.15, 0.2) is 6.04 Å². The van der Waals surface area contributed by atoms with E-state index < -0.39 is 54.0 Å². The topological polar surface area (TPSA) is 187 Å². The Kier molecular flexibility index (Phi) is 11.7. The van der Waals surface area contributed by atoms with E-state index in [1.165, 1.54) is 18.7 Å². The molecule has 0 fully saturated rings. The highest BCUT2D eigenvalue weighted by Gasteiger charge is 2.32. The Morgan fingerprint density at radius 3 is 2.20 bits per heavy atom. The van der Waals surface area contributed by atoms with Gasteiger partial charge in [0.1, 0.15) is 12.1 Å². The SMILES string of the molecule is CSCCC(NC(=O)C(Cc1c[nH]c2ccccc12)NC(=O)C(N)Cc1ccccc1)C(=O)NC(C(=O)O)C(C)O. The standard InChI is InChI=1S/C29H37N5O6S/c1-17(35)25(29(39)40)34-27(37)23(12-13-41-2)32-28(38)24(15-19-16-31-22-11-7-6-10-20(19)22)33-26(36)21(30)14-18-8-4-3-5-9-18/h3-11,16-17,21,23-25,31,35H,12-15,30H2,1-2H3,(H,32,38)(H,33,36)(H,34,37)(H,39,40). The number of fused-ring (bicyclic) bond motifs is 1. The summed E-state index contributed by atoms with van der Waals surface area (Å²) in [4.78, 5) is 54.5. The van der Waals surface area contributed by atoms with Crippen LogP contribution in [0.25, 0.3) is 10.9 Å². The molecule has 1 aromatic heterocycles. The van der Waals surface area contributed by atoms with Crippen molar-refractivity contribution < 1.29 is 29.4 Å². The molecule has 220 valence electrons. The van der Waals surface area contributed by atoms with Crippen molar-refractivity contribution in [2.45, 2.75) is 56.5 Å². The molecule has 1 heterocycles. The Morgan fingerprint density at radius 2 is 1.54 bits per heavy atom. The van der Waals surface area contributed by atoms with E-state index in [2.05, 4.69) is 20.9 Å². The number of hydrogen-bond acceptors (Lipinski definition) is 7. The van der Waals surface area contributed by atoms with Crippen LogP contribution in [0.2, 0.25) is 0 Å². The summed E-state index contributed by atoms with van der Waals surface area (Å²) in [7, 11) is 0. The molecule has 12 heteroatoms. The molecule has 2 aromatic carbocycles. The van der Waals surface area contributed by atoms with E-state index >= 15 is 0 Å². The minimum atomic E-state index is -1.55. The van der Waals surface area contributed by atoms with Crippen LogP contribution in [0.15, 0.2) is 60.8 Å². The third-order valence-corrected chi connectivity index (χ3v) is 7.30. The quantitative estimate of drug-likeness (QED) is 0.138. The van der Waals surface area contributed by atoms with Crippen molar-refractivity contribution in [3.63, 3.8) is 0 Å². The first kappa shape index (κ1) is 31.7. The Morgan fingerprint density at radius 1 is 0.902 bits per heavy atom. The van der Waals surface area contributed by atoms with Crippen molar-refractivity contribution in [2.24, 2.45) is 5.73 Å². The van der Waals surface area contributed by atoms with Gasteiger partial charge in [0, 0.05) is 23.5 Å². The molecule has 0 saturated carbocycles. The van der Waals surface area contributed by atoms with Gasteiger partial charge in [-0.15, -0.1) is 0 Å². The number of carboxylic acids is 1. The molecule has 41 heavy (non-hydrogen) atoms. The molecule has 3 amide bonds. The number of para-hydroxylation sites is 1. The van der Waals surface area contributed by atoms with Crippen LogP contribution >= 0.6 is 11.8 Å². The second kappa shape index (κ2) is 15.2. The summed E-state index contributed by atoms with van der Waals surface area (Å²) < 4.78 is 0. The molecule has 0 aliphatic heterocycles. The number of aliphatic hydroxyl groups is 1. The van der Waals surface area contributed by atoms with Crippen LogP contribution in [0.5, 0.6) is 0 Å². The maximum Gasteiger partial charge on any atom is 0.328 e. The lowest BCUT2D eigenvalue weighted by atomic mass is 10.0. The number of benzene rings is 2. The van der Waals surface area contributed by atoms with Crippen molar-refractivity contribution in [3.8, 4) is 0 Å². The summed E-state index contributed by atoms with van der Waals surface area (Å²) in [6.07, 6.45) is 2.82. The number of aliphatic carboxylic acids is 1. The van der Waals surface area contributed by atoms with E-state index in [9.17, 15) is 29.4 Å². The molecule has 0 aliphatic rings. The van der Waals surface area contributed by atoms with Gasteiger partial charge in [0.05, 0.1) is 12.1 Å². The van der Waals surface area contributed by atoms with Crippen LogP contribution in [0.4, 0.5) is 0 Å². The predicted molar refractivity (Wildman–Crippen MR) is 158 cm³/mol. The molecule has 0 radical (unpaired) electrons. The molecular formula is C29H37N5O6S. The molecule has 3 rings (SSSR count). The molecule has 11 nitrogen and oxygen atoms in total. The van der Waals surface area contributed by atoms with Gasteiger partial charge < -0.3 is 36.9 Å². The lowest BCUT2D eigenvalue weighted by Crippen LogP contribution is -2.58. The van der Waals surface area contributed by atoms with Crippen LogP contribution in [-0.2, 0) is 32.0 Å². The van der Waals surface area contributed by atoms with Gasteiger partial charge in [-0.2, -0.15) is 11.8 Å². The van der Waals surface area contributed by atoms with Crippen molar-refractivity contribution >= 4 is 46.4 Å². The second-order valence-electron chi connectivity index (χ2n) is 9.83. The van der Waals surface area contributed by atoms with Crippen molar-refractivity contribution in [2.75, 3.05) is 12.0 Å². The summed E-state index contributed by atoms with van der Waals surface area (Å²) in [6.45, 7) is 1.25. The van der Waals surface area contributed by atoms with Gasteiger partial charge >= 0.3 is 5.97 Å². The van der Waals surface area contributed by atoms with Gasteiger partial charge in [-0.1, -0.05) is 48.5 Å². The third-order valence-electron chi connectivity index (χ3n) is 6.66. The van der Waals surface area contributed by atoms with Crippen LogP contribution in [0, 0.1) is 0 Å². The van der Waals surface area contributed by atoms with Crippen LogP contribution in [0.1, 0.15) is 24.5 Å². The minimum absolute atomic E-state index is 0.113. The fourth-order valence-corrected chi connectivity index (χ4v) is 4.86. The van der Waals surface area contributed by atoms with Crippen LogP contribution in [0.3, 0.4) is 0 Å². The molecule has 0 saturated heterocycles. The number of nitrogens with one attached hydrogen (secondary N) is 4. The van der Waals surface area contributed by atoms with Gasteiger partial charge in [-0.05, 0) is 49.0 Å². The average molecular weight is 584 g/mol. The maximum atomic E-state index is 13.6. The van der Waals surface area contributed by atoms with Crippen molar-refractivity contribution in [3.05, 3.63) is 71.9 Å². The number of aromatic amines is 1. The molecular weight excluding hydrogens is 546 g/mol. The number of H-pyrrole nitrogens is 1. The smallest absolute Gasteiger partial charge is 0.328 e. The van der Waals surface area contributed by atoms with E-state index in [1.807, 2.05) is 60.9 Å². The minimum Gasteiger partial charge on any atom is -0.480 e. The number of hydrogen-bond donors (Lipinski definition) is 7. The number of aliphatic hydroxyl groups excluding tert-OH is 1. The number of rotatable bonds is 15. The van der Waals surface area contributed by atoms with Crippen molar-refractivity contribution in [1.29, 1.82) is 0 Å². The number of carboxylic acid groups (broad SMARTS) is 1. The fourth-order valence-electron chi connectivity index (χ4n) is 4.39. The maximum absolute atomic E-state index is 13.6. The van der Waals surface area contributed by atoms with Gasteiger partial charge in [-0.3, -0.25) is 14.4 Å². The number of nitrogens with two attached hydrogens (primary N) is 1. The Hall–Kier alpha value is -3.87. The molecule has 5 unspecified atom stereocenters. The number of aromatic nitrogens is 1. The van der Waals surface area contributed by atoms with Crippen LogP contribution < -0.4 is 21.7 Å². The zero-order valence-corrected chi connectivity index (χ0v) is 23.8. The highest BCUT2D eigenvalue weighted by atomic mass is 32.2. The first-order chi connectivity index (χ1) is 19.6. The molecule has 0 aliphatic carbocycles. The molecule has 0 bridgehead atoms. The third kappa shape index (κ3) is 9.07. The fraction of sp³-hybridized carbons (Fsp3) is 0.379. The van der Waals surface area contributed by atoms with E-state index in [-0.39, 0.29) is 19.3 Å². The van der Waals surface area contributed by atoms with Gasteiger partial charge in [0.2, 0.25) is 17.7 Å². The largest absolute Gasteiger partial charge is 0.480 e. The first-order valence-electron chi connectivity index (χ1n) is 13.3. The molecule has 8 N–H and O–H groups in total. The highest BCUT2D eigenvalue weighted by Crippen LogP contribution is 2.19. The molecule has 0 spiro atoms. The van der Waals surface area contributed by atoms with E-state index in [0.29, 0.717) is 5.75 Å². The summed E-state index contributed by atoms with van der Waals surface area (Å²) >= 11 is 1.45. The Balaban J connectivity index is 1.82. The van der Waals surface area contributed by atoms with E-state index in [1.54, 1.807) is 6.20 Å². The first-order valence-corrected chi connectivity index (χ1v) is 14.7. The summed E-state index contributed by atoms with van der Waals surface area (Å²) in [6, 6.07) is 12.2. The van der Waals surface area contributed by atoms with E-state index in [0.717, 1.165) is 22.0 Å². The summed E-state index contributed by atoms with van der Waals surface area (Å²) in [5, 5.41) is 27.8. The number of thioether (sulfide) groups is 1. The number of carbonyl (C=O) groups is 4. The Labute approximate surface area is 242 Å². The zero-order chi connectivity index (χ0) is 29.9.